The molecule has 2 aromatic heterocycles. The molecular formula is C21H24N6O3S2. The molecule has 0 atom stereocenters. The first-order chi connectivity index (χ1) is 15.4. The lowest BCUT2D eigenvalue weighted by atomic mass is 10.3. The highest BCUT2D eigenvalue weighted by atomic mass is 32.2. The molecular weight excluding hydrogens is 448 g/mol. The quantitative estimate of drug-likeness (QED) is 0.399. The summed E-state index contributed by atoms with van der Waals surface area (Å²) in [5.74, 6) is -0.110. The van der Waals surface area contributed by atoms with Crippen molar-refractivity contribution in [2.45, 2.75) is 38.1 Å². The van der Waals surface area contributed by atoms with Gasteiger partial charge in [0.2, 0.25) is 15.9 Å². The lowest BCUT2D eigenvalue weighted by Crippen LogP contribution is -2.30. The topological polar surface area (TPSA) is 110 Å². The fourth-order valence-electron chi connectivity index (χ4n) is 3.49. The number of carbonyl (C=O) groups is 1. The molecule has 0 saturated heterocycles. The van der Waals surface area contributed by atoms with Crippen LogP contribution in [0.25, 0.3) is 21.3 Å². The van der Waals surface area contributed by atoms with Crippen molar-refractivity contribution < 1.29 is 13.2 Å². The Kier molecular flexibility index (Phi) is 6.49. The molecule has 2 aromatic carbocycles. The third kappa shape index (κ3) is 4.50. The van der Waals surface area contributed by atoms with E-state index in [-0.39, 0.29) is 10.8 Å². The summed E-state index contributed by atoms with van der Waals surface area (Å²) >= 11 is 1.44. The Bertz CT molecular complexity index is 1330. The van der Waals surface area contributed by atoms with Crippen LogP contribution >= 0.6 is 11.3 Å². The monoisotopic (exact) mass is 472 g/mol. The zero-order valence-corrected chi connectivity index (χ0v) is 19.5. The molecule has 1 amide bonds. The van der Waals surface area contributed by atoms with Crippen LogP contribution in [0.15, 0.2) is 47.4 Å². The van der Waals surface area contributed by atoms with E-state index < -0.39 is 10.0 Å². The molecule has 0 aliphatic rings. The highest BCUT2D eigenvalue weighted by Gasteiger charge is 2.22. The van der Waals surface area contributed by atoms with Crippen LogP contribution in [0.3, 0.4) is 0 Å². The van der Waals surface area contributed by atoms with Crippen molar-refractivity contribution >= 4 is 53.6 Å². The SMILES string of the molecule is CCN(CC)S(=O)(=O)c1ccc2c(c1)nnn2CCCC(=O)Nc1nc2ccccc2s1. The normalized spacial score (nSPS) is 12.1. The minimum Gasteiger partial charge on any atom is -0.302 e. The number of amides is 1. The number of hydrogen-bond acceptors (Lipinski definition) is 7. The molecule has 0 radical (unpaired) electrons. The van der Waals surface area contributed by atoms with E-state index in [1.165, 1.54) is 15.6 Å². The number of fused-ring (bicyclic) bond motifs is 2. The van der Waals surface area contributed by atoms with Gasteiger partial charge in [-0.3, -0.25) is 4.79 Å². The van der Waals surface area contributed by atoms with Gasteiger partial charge in [-0.15, -0.1) is 5.10 Å². The van der Waals surface area contributed by atoms with Gasteiger partial charge in [0.05, 0.1) is 20.6 Å². The maximum absolute atomic E-state index is 12.7. The summed E-state index contributed by atoms with van der Waals surface area (Å²) in [6.45, 7) is 4.92. The highest BCUT2D eigenvalue weighted by Crippen LogP contribution is 2.25. The molecule has 4 aromatic rings. The predicted molar refractivity (Wildman–Crippen MR) is 125 cm³/mol. The van der Waals surface area contributed by atoms with Crippen LogP contribution in [0.1, 0.15) is 26.7 Å². The van der Waals surface area contributed by atoms with Crippen molar-refractivity contribution in [2.24, 2.45) is 0 Å². The molecule has 168 valence electrons. The van der Waals surface area contributed by atoms with Gasteiger partial charge in [-0.1, -0.05) is 42.5 Å². The standard InChI is InChI=1S/C21H24N6O3S2/c1-3-26(4-2)32(29,30)15-11-12-18-17(14-15)24-25-27(18)13-7-10-20(28)23-21-22-16-8-5-6-9-19(16)31-21/h5-6,8-9,11-12,14H,3-4,7,10,13H2,1-2H3,(H,22,23,28). The molecule has 0 bridgehead atoms. The number of nitrogens with one attached hydrogen (secondary N) is 1. The Morgan fingerprint density at radius 3 is 2.66 bits per heavy atom. The van der Waals surface area contributed by atoms with Crippen LogP contribution in [0.4, 0.5) is 5.13 Å². The molecule has 0 fully saturated rings. The third-order valence-electron chi connectivity index (χ3n) is 5.14. The second-order valence-electron chi connectivity index (χ2n) is 7.19. The van der Waals surface area contributed by atoms with Crippen molar-refractivity contribution in [1.29, 1.82) is 0 Å². The highest BCUT2D eigenvalue weighted by molar-refractivity contribution is 7.89. The molecule has 0 unspecified atom stereocenters. The van der Waals surface area contributed by atoms with Gasteiger partial charge in [-0.05, 0) is 36.8 Å². The number of thiazole rings is 1. The Morgan fingerprint density at radius 2 is 1.91 bits per heavy atom. The van der Waals surface area contributed by atoms with E-state index in [4.69, 9.17) is 0 Å². The Hall–Kier alpha value is -2.89. The van der Waals surface area contributed by atoms with Crippen LogP contribution in [0.2, 0.25) is 0 Å². The molecule has 0 saturated carbocycles. The van der Waals surface area contributed by atoms with E-state index in [9.17, 15) is 13.2 Å². The fourth-order valence-corrected chi connectivity index (χ4v) is 5.85. The number of hydrogen-bond donors (Lipinski definition) is 1. The number of benzene rings is 2. The molecule has 0 aliphatic carbocycles. The summed E-state index contributed by atoms with van der Waals surface area (Å²) in [5.41, 5.74) is 2.11. The van der Waals surface area contributed by atoms with Crippen molar-refractivity contribution in [3.05, 3.63) is 42.5 Å². The molecule has 0 spiro atoms. The lowest BCUT2D eigenvalue weighted by Gasteiger charge is -2.18. The number of sulfonamides is 1. The average molecular weight is 473 g/mol. The minimum absolute atomic E-state index is 0.110. The first kappa shape index (κ1) is 22.3. The van der Waals surface area contributed by atoms with Crippen LogP contribution in [-0.4, -0.2) is 51.7 Å². The minimum atomic E-state index is -3.55. The van der Waals surface area contributed by atoms with Gasteiger partial charge in [0, 0.05) is 26.1 Å². The number of nitrogens with zero attached hydrogens (tertiary/aromatic N) is 5. The van der Waals surface area contributed by atoms with Gasteiger partial charge in [0.25, 0.3) is 0 Å². The van der Waals surface area contributed by atoms with Crippen LogP contribution < -0.4 is 5.32 Å². The summed E-state index contributed by atoms with van der Waals surface area (Å²) < 4.78 is 29.6. The first-order valence-electron chi connectivity index (χ1n) is 10.4. The summed E-state index contributed by atoms with van der Waals surface area (Å²) in [6.07, 6.45) is 0.875. The summed E-state index contributed by atoms with van der Waals surface area (Å²) in [6, 6.07) is 12.6. The second kappa shape index (κ2) is 9.31. The molecule has 32 heavy (non-hydrogen) atoms. The van der Waals surface area contributed by atoms with Crippen LogP contribution in [-0.2, 0) is 21.4 Å². The lowest BCUT2D eigenvalue weighted by molar-refractivity contribution is -0.116. The van der Waals surface area contributed by atoms with Crippen molar-refractivity contribution in [2.75, 3.05) is 18.4 Å². The number of aromatic nitrogens is 4. The summed E-state index contributed by atoms with van der Waals surface area (Å²) in [4.78, 5) is 16.9. The molecule has 0 aliphatic heterocycles. The van der Waals surface area contributed by atoms with Gasteiger partial charge < -0.3 is 5.32 Å². The maximum atomic E-state index is 12.7. The molecule has 11 heteroatoms. The second-order valence-corrected chi connectivity index (χ2v) is 10.2. The van der Waals surface area contributed by atoms with E-state index in [1.807, 2.05) is 38.1 Å². The van der Waals surface area contributed by atoms with Crippen LogP contribution in [0.5, 0.6) is 0 Å². The van der Waals surface area contributed by atoms with E-state index in [2.05, 4.69) is 20.6 Å². The van der Waals surface area contributed by atoms with E-state index in [1.54, 1.807) is 22.9 Å². The van der Waals surface area contributed by atoms with Gasteiger partial charge >= 0.3 is 0 Å². The average Bonchev–Trinajstić information content (AvgIpc) is 3.37. The van der Waals surface area contributed by atoms with E-state index in [0.717, 1.165) is 15.7 Å². The maximum Gasteiger partial charge on any atom is 0.243 e. The van der Waals surface area contributed by atoms with Crippen LogP contribution in [0, 0.1) is 0 Å². The Morgan fingerprint density at radius 1 is 1.12 bits per heavy atom. The molecule has 9 nitrogen and oxygen atoms in total. The Labute approximate surface area is 190 Å². The first-order valence-corrected chi connectivity index (χ1v) is 12.7. The number of aryl methyl sites for hydroxylation is 1. The molecule has 2 heterocycles. The molecule has 1 N–H and O–H groups in total. The number of anilines is 1. The number of carbonyl (C=O) groups excluding carboxylic acids is 1. The van der Waals surface area contributed by atoms with Gasteiger partial charge in [-0.25, -0.2) is 18.1 Å². The van der Waals surface area contributed by atoms with E-state index in [0.29, 0.717) is 43.1 Å². The predicted octanol–water partition coefficient (Wildman–Crippen LogP) is 3.49. The zero-order valence-electron chi connectivity index (χ0n) is 17.9. The summed E-state index contributed by atoms with van der Waals surface area (Å²) in [7, 11) is -3.55. The van der Waals surface area contributed by atoms with E-state index >= 15 is 0 Å². The van der Waals surface area contributed by atoms with Crippen molar-refractivity contribution in [3.63, 3.8) is 0 Å². The largest absolute Gasteiger partial charge is 0.302 e. The molecule has 4 rings (SSSR count). The number of para-hydroxylation sites is 1. The van der Waals surface area contributed by atoms with Gasteiger partial charge in [0.15, 0.2) is 5.13 Å². The van der Waals surface area contributed by atoms with Gasteiger partial charge in [0.1, 0.15) is 5.52 Å². The van der Waals surface area contributed by atoms with Crippen molar-refractivity contribution in [1.82, 2.24) is 24.3 Å². The fraction of sp³-hybridized carbons (Fsp3) is 0.333. The van der Waals surface area contributed by atoms with Gasteiger partial charge in [-0.2, -0.15) is 4.31 Å². The van der Waals surface area contributed by atoms with Crippen molar-refractivity contribution in [3.8, 4) is 0 Å². The third-order valence-corrected chi connectivity index (χ3v) is 8.14. The Balaban J connectivity index is 1.38. The zero-order chi connectivity index (χ0) is 22.7. The number of rotatable bonds is 9. The smallest absolute Gasteiger partial charge is 0.243 e. The summed E-state index contributed by atoms with van der Waals surface area (Å²) in [5, 5.41) is 11.7.